The molecular formula is C14H22N2O3. The highest BCUT2D eigenvalue weighted by Gasteiger charge is 2.20. The number of phenolic OH excluding ortho intramolecular Hbond substituents is 1. The largest absolute Gasteiger partial charge is 0.508 e. The van der Waals surface area contributed by atoms with Crippen LogP contribution in [0.15, 0.2) is 24.3 Å². The van der Waals surface area contributed by atoms with Crippen LogP contribution in [0.2, 0.25) is 0 Å². The number of aromatic hydroxyl groups is 1. The third kappa shape index (κ3) is 5.28. The van der Waals surface area contributed by atoms with Crippen molar-refractivity contribution >= 4 is 5.91 Å². The van der Waals surface area contributed by atoms with Gasteiger partial charge >= 0.3 is 0 Å². The van der Waals surface area contributed by atoms with E-state index in [0.717, 1.165) is 5.56 Å². The molecule has 1 aromatic rings. The lowest BCUT2D eigenvalue weighted by atomic mass is 10.1. The van der Waals surface area contributed by atoms with E-state index >= 15 is 0 Å². The van der Waals surface area contributed by atoms with Crippen molar-refractivity contribution in [3.05, 3.63) is 29.8 Å². The van der Waals surface area contributed by atoms with Crippen LogP contribution in [0, 0.1) is 0 Å². The zero-order valence-electron chi connectivity index (χ0n) is 11.6. The highest BCUT2D eigenvalue weighted by Crippen LogP contribution is 2.11. The molecule has 0 aromatic heterocycles. The van der Waals surface area contributed by atoms with Crippen molar-refractivity contribution in [1.29, 1.82) is 0 Å². The van der Waals surface area contributed by atoms with Crippen molar-refractivity contribution in [2.45, 2.75) is 31.9 Å². The summed E-state index contributed by atoms with van der Waals surface area (Å²) in [5.41, 5.74) is 6.34. The normalized spacial score (nSPS) is 13.1. The van der Waals surface area contributed by atoms with Crippen LogP contribution in [-0.4, -0.2) is 36.3 Å². The van der Waals surface area contributed by atoms with Gasteiger partial charge in [0, 0.05) is 13.7 Å². The van der Waals surface area contributed by atoms with Crippen LogP contribution in [-0.2, 0) is 16.0 Å². The van der Waals surface area contributed by atoms with Crippen molar-refractivity contribution < 1.29 is 14.6 Å². The molecule has 1 rings (SSSR count). The van der Waals surface area contributed by atoms with Gasteiger partial charge in [0.25, 0.3) is 0 Å². The zero-order valence-corrected chi connectivity index (χ0v) is 11.6. The third-order valence-electron chi connectivity index (χ3n) is 2.97. The van der Waals surface area contributed by atoms with Crippen LogP contribution in [0.3, 0.4) is 0 Å². The third-order valence-corrected chi connectivity index (χ3v) is 2.97. The first kappa shape index (κ1) is 15.5. The molecule has 1 aromatic carbocycles. The topological polar surface area (TPSA) is 84.6 Å². The van der Waals surface area contributed by atoms with Gasteiger partial charge in [0.2, 0.25) is 5.91 Å². The number of hydrogen-bond acceptors (Lipinski definition) is 4. The first-order valence-corrected chi connectivity index (χ1v) is 6.20. The molecule has 0 heterocycles. The van der Waals surface area contributed by atoms with Crippen LogP contribution in [0.1, 0.15) is 19.4 Å². The van der Waals surface area contributed by atoms with E-state index < -0.39 is 11.6 Å². The van der Waals surface area contributed by atoms with Crippen molar-refractivity contribution in [2.75, 3.05) is 13.7 Å². The number of benzene rings is 1. The van der Waals surface area contributed by atoms with E-state index in [0.29, 0.717) is 13.0 Å². The van der Waals surface area contributed by atoms with Gasteiger partial charge in [0.05, 0.1) is 11.6 Å². The number of ether oxygens (including phenoxy) is 1. The Hall–Kier alpha value is -1.59. The van der Waals surface area contributed by atoms with Gasteiger partial charge in [0.1, 0.15) is 5.75 Å². The number of carbonyl (C=O) groups excluding carboxylic acids is 1. The fraction of sp³-hybridized carbons (Fsp3) is 0.500. The Morgan fingerprint density at radius 3 is 2.53 bits per heavy atom. The van der Waals surface area contributed by atoms with Gasteiger partial charge in [-0.15, -0.1) is 0 Å². The molecule has 5 nitrogen and oxygen atoms in total. The monoisotopic (exact) mass is 266 g/mol. The summed E-state index contributed by atoms with van der Waals surface area (Å²) in [6.07, 6.45) is 0.430. The predicted molar refractivity (Wildman–Crippen MR) is 73.9 cm³/mol. The van der Waals surface area contributed by atoms with E-state index in [1.165, 1.54) is 0 Å². The van der Waals surface area contributed by atoms with E-state index in [-0.39, 0.29) is 11.7 Å². The van der Waals surface area contributed by atoms with E-state index in [9.17, 15) is 9.90 Å². The summed E-state index contributed by atoms with van der Waals surface area (Å²) in [5, 5.41) is 11.9. The van der Waals surface area contributed by atoms with E-state index in [1.54, 1.807) is 31.4 Å². The lowest BCUT2D eigenvalue weighted by molar-refractivity contribution is -0.123. The molecule has 0 aliphatic rings. The summed E-state index contributed by atoms with van der Waals surface area (Å²) < 4.78 is 5.22. The Balaban J connectivity index is 2.47. The van der Waals surface area contributed by atoms with Crippen LogP contribution >= 0.6 is 0 Å². The lowest BCUT2D eigenvalue weighted by Crippen LogP contribution is -2.47. The molecule has 0 saturated heterocycles. The average Bonchev–Trinajstić information content (AvgIpc) is 2.38. The number of phenols is 1. The first-order valence-electron chi connectivity index (χ1n) is 6.20. The Morgan fingerprint density at radius 1 is 1.42 bits per heavy atom. The van der Waals surface area contributed by atoms with Crippen LogP contribution < -0.4 is 11.1 Å². The van der Waals surface area contributed by atoms with Crippen LogP contribution in [0.5, 0.6) is 5.75 Å². The molecule has 106 valence electrons. The minimum atomic E-state index is -0.614. The zero-order chi connectivity index (χ0) is 14.5. The smallest absolute Gasteiger partial charge is 0.237 e. The van der Waals surface area contributed by atoms with E-state index in [2.05, 4.69) is 5.32 Å². The highest BCUT2D eigenvalue weighted by atomic mass is 16.5. The van der Waals surface area contributed by atoms with Gasteiger partial charge in [-0.3, -0.25) is 4.79 Å². The Kier molecular flexibility index (Phi) is 5.32. The number of rotatable bonds is 6. The Bertz CT molecular complexity index is 415. The molecule has 1 atom stereocenters. The molecule has 0 saturated carbocycles. The van der Waals surface area contributed by atoms with Gasteiger partial charge < -0.3 is 20.9 Å². The van der Waals surface area contributed by atoms with E-state index in [4.69, 9.17) is 10.5 Å². The Labute approximate surface area is 113 Å². The van der Waals surface area contributed by atoms with Crippen LogP contribution in [0.25, 0.3) is 0 Å². The predicted octanol–water partition coefficient (Wildman–Crippen LogP) is 0.803. The second kappa shape index (κ2) is 6.54. The summed E-state index contributed by atoms with van der Waals surface area (Å²) in [5.74, 6) is -0.0122. The lowest BCUT2D eigenvalue weighted by Gasteiger charge is -2.24. The van der Waals surface area contributed by atoms with Gasteiger partial charge in [-0.25, -0.2) is 0 Å². The van der Waals surface area contributed by atoms with Crippen molar-refractivity contribution in [2.24, 2.45) is 5.73 Å². The minimum absolute atomic E-state index is 0.198. The second-order valence-electron chi connectivity index (χ2n) is 5.16. The molecule has 0 spiro atoms. The molecule has 4 N–H and O–H groups in total. The summed E-state index contributed by atoms with van der Waals surface area (Å²) >= 11 is 0. The number of methoxy groups -OCH3 is 1. The van der Waals surface area contributed by atoms with Gasteiger partial charge in [-0.2, -0.15) is 0 Å². The summed E-state index contributed by atoms with van der Waals surface area (Å²) in [7, 11) is 1.60. The van der Waals surface area contributed by atoms with E-state index in [1.807, 2.05) is 13.8 Å². The van der Waals surface area contributed by atoms with Gasteiger partial charge in [-0.1, -0.05) is 12.1 Å². The summed E-state index contributed by atoms with van der Waals surface area (Å²) in [6.45, 7) is 4.18. The molecule has 0 fully saturated rings. The van der Waals surface area contributed by atoms with Crippen molar-refractivity contribution in [3.8, 4) is 5.75 Å². The number of amides is 1. The molecule has 19 heavy (non-hydrogen) atoms. The fourth-order valence-electron chi connectivity index (χ4n) is 1.48. The van der Waals surface area contributed by atoms with Crippen molar-refractivity contribution in [3.63, 3.8) is 0 Å². The van der Waals surface area contributed by atoms with Gasteiger partial charge in [-0.05, 0) is 38.0 Å². The summed E-state index contributed by atoms with van der Waals surface area (Å²) in [6, 6.07) is 6.04. The standard InChI is InChI=1S/C14H22N2O3/c1-14(2,19-3)9-16-13(18)12(15)8-10-4-6-11(17)7-5-10/h4-7,12,17H,8-9,15H2,1-3H3,(H,16,18)/t12-/m1/s1. The highest BCUT2D eigenvalue weighted by molar-refractivity contribution is 5.81. The number of carbonyl (C=O) groups is 1. The molecule has 0 aliphatic carbocycles. The number of nitrogens with one attached hydrogen (secondary N) is 1. The SMILES string of the molecule is COC(C)(C)CNC(=O)[C@H](N)Cc1ccc(O)cc1. The molecule has 0 radical (unpaired) electrons. The van der Waals surface area contributed by atoms with Crippen molar-refractivity contribution in [1.82, 2.24) is 5.32 Å². The maximum Gasteiger partial charge on any atom is 0.237 e. The number of hydrogen-bond donors (Lipinski definition) is 3. The second-order valence-corrected chi connectivity index (χ2v) is 5.16. The first-order chi connectivity index (χ1) is 8.84. The quantitative estimate of drug-likeness (QED) is 0.711. The molecule has 0 bridgehead atoms. The average molecular weight is 266 g/mol. The number of nitrogens with two attached hydrogens (primary N) is 1. The maximum absolute atomic E-state index is 11.8. The molecule has 0 unspecified atom stereocenters. The minimum Gasteiger partial charge on any atom is -0.508 e. The fourth-order valence-corrected chi connectivity index (χ4v) is 1.48. The Morgan fingerprint density at radius 2 is 2.00 bits per heavy atom. The molecule has 0 aliphatic heterocycles. The molecule has 1 amide bonds. The molecular weight excluding hydrogens is 244 g/mol. The van der Waals surface area contributed by atoms with Crippen LogP contribution in [0.4, 0.5) is 0 Å². The summed E-state index contributed by atoms with van der Waals surface area (Å²) in [4.78, 5) is 11.8. The van der Waals surface area contributed by atoms with Gasteiger partial charge in [0.15, 0.2) is 0 Å². The molecule has 5 heteroatoms. The maximum atomic E-state index is 11.8.